The molecule has 174 valence electrons. The van der Waals surface area contributed by atoms with Gasteiger partial charge in [0.05, 0.1) is 25.4 Å². The van der Waals surface area contributed by atoms with E-state index in [4.69, 9.17) is 9.47 Å². The van der Waals surface area contributed by atoms with Crippen molar-refractivity contribution >= 4 is 0 Å². The van der Waals surface area contributed by atoms with Gasteiger partial charge in [0.1, 0.15) is 11.5 Å². The maximum Gasteiger partial charge on any atom is 0.573 e. The van der Waals surface area contributed by atoms with Gasteiger partial charge in [-0.2, -0.15) is 0 Å². The second kappa shape index (κ2) is 9.71. The summed E-state index contributed by atoms with van der Waals surface area (Å²) in [5.41, 5.74) is 1.44. The summed E-state index contributed by atoms with van der Waals surface area (Å²) < 4.78 is 54.6. The van der Waals surface area contributed by atoms with Gasteiger partial charge in [-0.05, 0) is 49.6 Å². The van der Waals surface area contributed by atoms with E-state index < -0.39 is 12.0 Å². The number of ether oxygens (including phenoxy) is 3. The van der Waals surface area contributed by atoms with Crippen molar-refractivity contribution in [1.82, 2.24) is 5.32 Å². The lowest BCUT2D eigenvalue weighted by Crippen LogP contribution is -2.43. The molecule has 2 saturated heterocycles. The van der Waals surface area contributed by atoms with E-state index in [1.54, 1.807) is 0 Å². The minimum absolute atomic E-state index is 0.0207. The Morgan fingerprint density at radius 3 is 2.56 bits per heavy atom. The van der Waals surface area contributed by atoms with Gasteiger partial charge in [0.2, 0.25) is 0 Å². The minimum atomic E-state index is -4.74. The number of methoxy groups -OCH3 is 1. The van der Waals surface area contributed by atoms with Gasteiger partial charge in [-0.15, -0.1) is 13.2 Å². The molecule has 2 heterocycles. The quantitative estimate of drug-likeness (QED) is 0.609. The largest absolute Gasteiger partial charge is 0.573 e. The van der Waals surface area contributed by atoms with Crippen LogP contribution in [0, 0.1) is 0 Å². The van der Waals surface area contributed by atoms with Gasteiger partial charge in [0.15, 0.2) is 0 Å². The van der Waals surface area contributed by atoms with E-state index in [0.717, 1.165) is 32.2 Å². The molecule has 0 radical (unpaired) electrons. The smallest absolute Gasteiger partial charge is 0.496 e. The first-order chi connectivity index (χ1) is 15.4. The monoisotopic (exact) mass is 449 g/mol. The summed E-state index contributed by atoms with van der Waals surface area (Å²) in [6.45, 7) is 1.34. The second-order valence-corrected chi connectivity index (χ2v) is 8.69. The number of alkyl halides is 3. The van der Waals surface area contributed by atoms with Crippen LogP contribution in [0.4, 0.5) is 13.2 Å². The molecule has 2 aromatic carbocycles. The topological polar surface area (TPSA) is 39.7 Å². The summed E-state index contributed by atoms with van der Waals surface area (Å²) in [6.07, 6.45) is 1.37. The van der Waals surface area contributed by atoms with Gasteiger partial charge in [-0.3, -0.25) is 0 Å². The highest BCUT2D eigenvalue weighted by Gasteiger charge is 2.47. The Kier molecular flexibility index (Phi) is 6.96. The third-order valence-corrected chi connectivity index (χ3v) is 6.57. The molecule has 2 aliphatic rings. The third-order valence-electron chi connectivity index (χ3n) is 6.57. The van der Waals surface area contributed by atoms with E-state index >= 15 is 0 Å². The molecule has 1 spiro atoms. The molecule has 1 unspecified atom stereocenters. The summed E-state index contributed by atoms with van der Waals surface area (Å²) in [5, 5.41) is 3.72. The number of hydrogen-bond acceptors (Lipinski definition) is 4. The highest BCUT2D eigenvalue weighted by Crippen LogP contribution is 2.49. The Labute approximate surface area is 187 Å². The maximum atomic E-state index is 12.8. The molecule has 1 N–H and O–H groups in total. The molecule has 0 aromatic heterocycles. The number of nitrogens with one attached hydrogen (secondary N) is 1. The van der Waals surface area contributed by atoms with Crippen molar-refractivity contribution < 1.29 is 27.4 Å². The fourth-order valence-electron chi connectivity index (χ4n) is 5.15. The highest BCUT2D eigenvalue weighted by molar-refractivity contribution is 5.43. The van der Waals surface area contributed by atoms with Crippen LogP contribution in [0.2, 0.25) is 0 Å². The van der Waals surface area contributed by atoms with Crippen molar-refractivity contribution in [3.05, 3.63) is 59.7 Å². The van der Waals surface area contributed by atoms with Gasteiger partial charge in [0.25, 0.3) is 0 Å². The summed E-state index contributed by atoms with van der Waals surface area (Å²) in [4.78, 5) is 0. The van der Waals surface area contributed by atoms with Crippen LogP contribution in [-0.2, 0) is 4.74 Å². The maximum absolute atomic E-state index is 12.8. The zero-order valence-electron chi connectivity index (χ0n) is 18.3. The molecule has 2 fully saturated rings. The fourth-order valence-corrected chi connectivity index (χ4v) is 5.15. The summed E-state index contributed by atoms with van der Waals surface area (Å²) >= 11 is 0. The lowest BCUT2D eigenvalue weighted by Gasteiger charge is -2.38. The van der Waals surface area contributed by atoms with E-state index in [0.29, 0.717) is 24.3 Å². The zero-order valence-corrected chi connectivity index (χ0v) is 18.3. The lowest BCUT2D eigenvalue weighted by molar-refractivity contribution is -0.274. The Hall–Kier alpha value is -2.25. The van der Waals surface area contributed by atoms with E-state index in [2.05, 4.69) is 22.2 Å². The van der Waals surface area contributed by atoms with Gasteiger partial charge in [-0.1, -0.05) is 49.6 Å². The van der Waals surface area contributed by atoms with Crippen LogP contribution in [0.1, 0.15) is 61.6 Å². The molecule has 3 atom stereocenters. The second-order valence-electron chi connectivity index (χ2n) is 8.69. The van der Waals surface area contributed by atoms with Crippen LogP contribution in [-0.4, -0.2) is 32.2 Å². The van der Waals surface area contributed by atoms with Gasteiger partial charge in [0, 0.05) is 11.5 Å². The van der Waals surface area contributed by atoms with E-state index in [9.17, 15) is 13.2 Å². The average Bonchev–Trinajstić information content (AvgIpc) is 3.23. The summed E-state index contributed by atoms with van der Waals surface area (Å²) in [5.74, 6) is 0.231. The van der Waals surface area contributed by atoms with Crippen molar-refractivity contribution in [2.24, 2.45) is 0 Å². The Balaban J connectivity index is 1.66. The normalized spacial score (nSPS) is 26.9. The Morgan fingerprint density at radius 1 is 1.03 bits per heavy atom. The molecule has 0 bridgehead atoms. The number of rotatable bonds is 4. The molecular formula is C25H30F3NO3. The Bertz CT molecular complexity index is 890. The van der Waals surface area contributed by atoms with Gasteiger partial charge >= 0.3 is 6.36 Å². The zero-order chi connectivity index (χ0) is 22.6. The van der Waals surface area contributed by atoms with Crippen molar-refractivity contribution in [2.45, 2.75) is 62.4 Å². The molecule has 7 heteroatoms. The van der Waals surface area contributed by atoms with Crippen LogP contribution in [0.25, 0.3) is 0 Å². The number of hydrogen-bond donors (Lipinski definition) is 1. The fraction of sp³-hybridized carbons (Fsp3) is 0.520. The molecule has 0 aliphatic carbocycles. The van der Waals surface area contributed by atoms with Crippen molar-refractivity contribution in [3.8, 4) is 11.5 Å². The predicted octanol–water partition coefficient (Wildman–Crippen LogP) is 6.13. The molecule has 32 heavy (non-hydrogen) atoms. The predicted molar refractivity (Wildman–Crippen MR) is 116 cm³/mol. The molecule has 4 nitrogen and oxygen atoms in total. The molecule has 2 aromatic rings. The van der Waals surface area contributed by atoms with Gasteiger partial charge in [-0.25, -0.2) is 0 Å². The lowest BCUT2D eigenvalue weighted by atomic mass is 9.78. The van der Waals surface area contributed by atoms with Crippen LogP contribution >= 0.6 is 0 Å². The first kappa shape index (κ1) is 22.9. The minimum Gasteiger partial charge on any atom is -0.496 e. The van der Waals surface area contributed by atoms with Crippen molar-refractivity contribution in [2.75, 3.05) is 20.3 Å². The van der Waals surface area contributed by atoms with E-state index in [-0.39, 0.29) is 17.7 Å². The first-order valence-electron chi connectivity index (χ1n) is 11.3. The standard InChI is InChI=1S/C25H30F3NO3/c1-30-22-12-11-20(32-25(26,27)28)15-21(22)19-16-24(31-17-19)13-7-2-3-8-14-29-23(24)18-9-5-4-6-10-18/h4-6,9-12,15,19,23,29H,2-3,7-8,13-14,16-17H2,1H3/t19-,23-,24?/m0/s1. The number of halogens is 3. The molecule has 2 aliphatic heterocycles. The SMILES string of the molecule is COc1ccc(OC(F)(F)F)cc1[C@@H]1COC2(CCCCCCN[C@H]2c2ccccc2)C1. The summed E-state index contributed by atoms with van der Waals surface area (Å²) in [6, 6.07) is 14.6. The van der Waals surface area contributed by atoms with E-state index in [1.807, 2.05) is 18.2 Å². The average molecular weight is 450 g/mol. The van der Waals surface area contributed by atoms with Crippen LogP contribution in [0.5, 0.6) is 11.5 Å². The Morgan fingerprint density at radius 2 is 1.81 bits per heavy atom. The highest BCUT2D eigenvalue weighted by atomic mass is 19.4. The van der Waals surface area contributed by atoms with Crippen molar-refractivity contribution in [3.63, 3.8) is 0 Å². The number of benzene rings is 2. The first-order valence-corrected chi connectivity index (χ1v) is 11.3. The van der Waals surface area contributed by atoms with Crippen LogP contribution in [0.3, 0.4) is 0 Å². The molecule has 0 amide bonds. The molecule has 4 rings (SSSR count). The molecule has 0 saturated carbocycles. The van der Waals surface area contributed by atoms with Crippen molar-refractivity contribution in [1.29, 1.82) is 0 Å². The van der Waals surface area contributed by atoms with Gasteiger partial charge < -0.3 is 19.5 Å². The van der Waals surface area contributed by atoms with Crippen LogP contribution < -0.4 is 14.8 Å². The molecular weight excluding hydrogens is 419 g/mol. The van der Waals surface area contributed by atoms with E-state index in [1.165, 1.54) is 37.3 Å². The summed E-state index contributed by atoms with van der Waals surface area (Å²) in [7, 11) is 1.53. The third kappa shape index (κ3) is 5.21. The van der Waals surface area contributed by atoms with Crippen LogP contribution in [0.15, 0.2) is 48.5 Å².